The maximum Gasteiger partial charge on any atom is 0.387 e. The van der Waals surface area contributed by atoms with Crippen LogP contribution < -0.4 is 10.1 Å². The molecule has 0 aliphatic rings. The van der Waals surface area contributed by atoms with E-state index in [0.29, 0.717) is 12.5 Å². The predicted octanol–water partition coefficient (Wildman–Crippen LogP) is 2.90. The molecule has 0 bridgehead atoms. The van der Waals surface area contributed by atoms with Crippen LogP contribution in [-0.2, 0) is 4.79 Å². The Morgan fingerprint density at radius 1 is 1.30 bits per heavy atom. The molecule has 0 radical (unpaired) electrons. The van der Waals surface area contributed by atoms with Gasteiger partial charge in [-0.2, -0.15) is 8.78 Å². The molecular formula is C15H18F3NO4. The Bertz CT molecular complexity index is 564. The first-order valence-electron chi connectivity index (χ1n) is 6.96. The third-order valence-corrected chi connectivity index (χ3v) is 3.02. The van der Waals surface area contributed by atoms with Gasteiger partial charge < -0.3 is 15.2 Å². The average Bonchev–Trinajstić information content (AvgIpc) is 2.41. The monoisotopic (exact) mass is 333 g/mol. The van der Waals surface area contributed by atoms with Crippen LogP contribution >= 0.6 is 0 Å². The molecule has 8 heteroatoms. The van der Waals surface area contributed by atoms with Crippen molar-refractivity contribution in [2.45, 2.75) is 26.9 Å². The van der Waals surface area contributed by atoms with Gasteiger partial charge in [-0.3, -0.25) is 9.59 Å². The lowest BCUT2D eigenvalue weighted by Gasteiger charge is -2.16. The van der Waals surface area contributed by atoms with Crippen LogP contribution in [0.4, 0.5) is 13.2 Å². The van der Waals surface area contributed by atoms with Crippen molar-refractivity contribution in [1.82, 2.24) is 5.32 Å². The highest BCUT2D eigenvalue weighted by atomic mass is 19.3. The van der Waals surface area contributed by atoms with Crippen LogP contribution in [-0.4, -0.2) is 30.1 Å². The van der Waals surface area contributed by atoms with Crippen molar-refractivity contribution >= 4 is 11.9 Å². The highest BCUT2D eigenvalue weighted by molar-refractivity contribution is 5.97. The molecule has 0 saturated heterocycles. The van der Waals surface area contributed by atoms with Gasteiger partial charge in [-0.1, -0.05) is 13.8 Å². The lowest BCUT2D eigenvalue weighted by Crippen LogP contribution is -2.34. The van der Waals surface area contributed by atoms with E-state index >= 15 is 0 Å². The summed E-state index contributed by atoms with van der Waals surface area (Å²) in [6.07, 6.45) is 0.347. The molecule has 0 fully saturated rings. The molecule has 5 nitrogen and oxygen atoms in total. The van der Waals surface area contributed by atoms with Gasteiger partial charge >= 0.3 is 12.6 Å². The number of hydrogen-bond acceptors (Lipinski definition) is 3. The molecule has 1 aromatic carbocycles. The van der Waals surface area contributed by atoms with Crippen LogP contribution in [0.15, 0.2) is 18.2 Å². The van der Waals surface area contributed by atoms with Crippen LogP contribution in [0.25, 0.3) is 0 Å². The maximum atomic E-state index is 13.1. The van der Waals surface area contributed by atoms with E-state index in [-0.39, 0.29) is 18.0 Å². The molecule has 0 saturated carbocycles. The van der Waals surface area contributed by atoms with Gasteiger partial charge in [-0.25, -0.2) is 4.39 Å². The van der Waals surface area contributed by atoms with Crippen LogP contribution in [0.2, 0.25) is 0 Å². The fourth-order valence-corrected chi connectivity index (χ4v) is 2.03. The first-order valence-corrected chi connectivity index (χ1v) is 6.96. The number of alkyl halides is 2. The number of halogens is 3. The third-order valence-electron chi connectivity index (χ3n) is 3.02. The first kappa shape index (κ1) is 18.8. The van der Waals surface area contributed by atoms with Crippen molar-refractivity contribution in [2.24, 2.45) is 11.8 Å². The van der Waals surface area contributed by atoms with Gasteiger partial charge in [0.2, 0.25) is 0 Å². The molecule has 0 heterocycles. The number of carbonyl (C=O) groups is 2. The summed E-state index contributed by atoms with van der Waals surface area (Å²) in [6.45, 7) is 0.298. The van der Waals surface area contributed by atoms with E-state index in [1.807, 2.05) is 13.8 Å². The quantitative estimate of drug-likeness (QED) is 0.767. The van der Waals surface area contributed by atoms with E-state index in [0.717, 1.165) is 12.1 Å². The minimum Gasteiger partial charge on any atom is -0.481 e. The van der Waals surface area contributed by atoms with Crippen molar-refractivity contribution in [2.75, 3.05) is 6.54 Å². The Morgan fingerprint density at radius 3 is 2.48 bits per heavy atom. The number of benzene rings is 1. The molecule has 0 spiro atoms. The van der Waals surface area contributed by atoms with Gasteiger partial charge in [0.15, 0.2) is 0 Å². The topological polar surface area (TPSA) is 75.6 Å². The van der Waals surface area contributed by atoms with Crippen molar-refractivity contribution in [3.63, 3.8) is 0 Å². The zero-order valence-corrected chi connectivity index (χ0v) is 12.7. The zero-order chi connectivity index (χ0) is 17.6. The van der Waals surface area contributed by atoms with E-state index in [1.54, 1.807) is 0 Å². The second-order valence-electron chi connectivity index (χ2n) is 5.39. The van der Waals surface area contributed by atoms with Gasteiger partial charge in [-0.15, -0.1) is 0 Å². The molecule has 1 unspecified atom stereocenters. The van der Waals surface area contributed by atoms with Crippen molar-refractivity contribution < 1.29 is 32.6 Å². The summed E-state index contributed by atoms with van der Waals surface area (Å²) < 4.78 is 41.8. The molecule has 0 aromatic heterocycles. The number of rotatable bonds is 8. The second kappa shape index (κ2) is 8.40. The van der Waals surface area contributed by atoms with Gasteiger partial charge in [0, 0.05) is 12.6 Å². The molecule has 2 N–H and O–H groups in total. The van der Waals surface area contributed by atoms with Crippen molar-refractivity contribution in [1.29, 1.82) is 0 Å². The molecule has 0 aliphatic carbocycles. The molecule has 128 valence electrons. The standard InChI is InChI=1S/C15H18F3NO4/c1-8(2)5-9(14(21)22)7-19-13(20)11-4-3-10(16)6-12(11)23-15(17)18/h3-4,6,8-9,15H,5,7H2,1-2H3,(H,19,20)(H,21,22). The lowest BCUT2D eigenvalue weighted by molar-refractivity contribution is -0.142. The van der Waals surface area contributed by atoms with E-state index in [9.17, 15) is 22.8 Å². The van der Waals surface area contributed by atoms with E-state index in [4.69, 9.17) is 5.11 Å². The number of aliphatic carboxylic acids is 1. The normalized spacial score (nSPS) is 12.3. The summed E-state index contributed by atoms with van der Waals surface area (Å²) in [4.78, 5) is 23.1. The van der Waals surface area contributed by atoms with Crippen molar-refractivity contribution in [3.05, 3.63) is 29.6 Å². The Labute approximate surface area is 131 Å². The van der Waals surface area contributed by atoms with Crippen LogP contribution in [0.1, 0.15) is 30.6 Å². The van der Waals surface area contributed by atoms with E-state index in [2.05, 4.69) is 10.1 Å². The molecule has 0 aliphatic heterocycles. The number of carbonyl (C=O) groups excluding carboxylic acids is 1. The van der Waals surface area contributed by atoms with Gasteiger partial charge in [0.05, 0.1) is 11.5 Å². The second-order valence-corrected chi connectivity index (χ2v) is 5.39. The fourth-order valence-electron chi connectivity index (χ4n) is 2.03. The number of hydrogen-bond donors (Lipinski definition) is 2. The number of amides is 1. The van der Waals surface area contributed by atoms with Gasteiger partial charge in [0.25, 0.3) is 5.91 Å². The largest absolute Gasteiger partial charge is 0.481 e. The summed E-state index contributed by atoms with van der Waals surface area (Å²) in [5.41, 5.74) is -0.291. The maximum absolute atomic E-state index is 13.1. The summed E-state index contributed by atoms with van der Waals surface area (Å²) in [6, 6.07) is 2.60. The number of nitrogens with one attached hydrogen (secondary N) is 1. The highest BCUT2D eigenvalue weighted by Gasteiger charge is 2.22. The molecule has 23 heavy (non-hydrogen) atoms. The number of ether oxygens (including phenoxy) is 1. The van der Waals surface area contributed by atoms with Crippen molar-refractivity contribution in [3.8, 4) is 5.75 Å². The molecule has 1 rings (SSSR count). The predicted molar refractivity (Wildman–Crippen MR) is 75.9 cm³/mol. The minimum atomic E-state index is -3.21. The molecule has 1 atom stereocenters. The highest BCUT2D eigenvalue weighted by Crippen LogP contribution is 2.22. The van der Waals surface area contributed by atoms with Crippen LogP contribution in [0, 0.1) is 17.7 Å². The summed E-state index contributed by atoms with van der Waals surface area (Å²) in [5.74, 6) is -4.01. The summed E-state index contributed by atoms with van der Waals surface area (Å²) >= 11 is 0. The minimum absolute atomic E-state index is 0.108. The van der Waals surface area contributed by atoms with E-state index < -0.39 is 36.0 Å². The fraction of sp³-hybridized carbons (Fsp3) is 0.467. The third kappa shape index (κ3) is 6.17. The zero-order valence-electron chi connectivity index (χ0n) is 12.7. The van der Waals surface area contributed by atoms with Crippen LogP contribution in [0.5, 0.6) is 5.75 Å². The summed E-state index contributed by atoms with van der Waals surface area (Å²) in [5, 5.41) is 11.4. The Hall–Kier alpha value is -2.25. The Balaban J connectivity index is 2.83. The molecule has 1 amide bonds. The average molecular weight is 333 g/mol. The molecular weight excluding hydrogens is 315 g/mol. The van der Waals surface area contributed by atoms with Gasteiger partial charge in [-0.05, 0) is 24.5 Å². The first-order chi connectivity index (χ1) is 10.7. The SMILES string of the molecule is CC(C)CC(CNC(=O)c1ccc(F)cc1OC(F)F)C(=O)O. The van der Waals surface area contributed by atoms with Crippen LogP contribution in [0.3, 0.4) is 0 Å². The number of carboxylic acid groups (broad SMARTS) is 1. The van der Waals surface area contributed by atoms with E-state index in [1.165, 1.54) is 0 Å². The van der Waals surface area contributed by atoms with Gasteiger partial charge in [0.1, 0.15) is 11.6 Å². The smallest absolute Gasteiger partial charge is 0.387 e. The molecule has 1 aromatic rings. The Morgan fingerprint density at radius 2 is 1.96 bits per heavy atom. The summed E-state index contributed by atoms with van der Waals surface area (Å²) in [7, 11) is 0. The lowest BCUT2D eigenvalue weighted by atomic mass is 9.97. The number of carboxylic acids is 1. The Kier molecular flexibility index (Phi) is 6.87.